The summed E-state index contributed by atoms with van der Waals surface area (Å²) in [6, 6.07) is 11.8. The van der Waals surface area contributed by atoms with Gasteiger partial charge in [0.05, 0.1) is 18.4 Å². The topological polar surface area (TPSA) is 68.2 Å². The molecule has 218 valence electrons. The molecule has 40 heavy (non-hydrogen) atoms. The molecule has 8 heteroatoms. The SMILES string of the molecule is CO[C@H]1CC(C)C[C@H](C)C/[SH](=O)=N\C(=O)c2ccc3c(c2)N(Cc2ccc(Cl)cc2CCCCO3)C[C@@H]2CC[C@H]21. The number of halogens is 1. The number of hydrogen-bond donors (Lipinski definition) is 1. The van der Waals surface area contributed by atoms with Crippen molar-refractivity contribution in [2.45, 2.75) is 71.4 Å². The molecule has 1 fully saturated rings. The Morgan fingerprint density at radius 1 is 1.05 bits per heavy atom. The third kappa shape index (κ3) is 7.03. The van der Waals surface area contributed by atoms with Crippen LogP contribution in [0, 0.1) is 23.7 Å². The van der Waals surface area contributed by atoms with Crippen LogP contribution in [0.25, 0.3) is 0 Å². The molecule has 2 aromatic carbocycles. The monoisotopic (exact) mass is 586 g/mol. The maximum atomic E-state index is 13.2. The average Bonchev–Trinajstić information content (AvgIpc) is 2.92. The van der Waals surface area contributed by atoms with Crippen molar-refractivity contribution in [3.63, 3.8) is 0 Å². The highest BCUT2D eigenvalue weighted by molar-refractivity contribution is 7.75. The van der Waals surface area contributed by atoms with Gasteiger partial charge in [-0.25, -0.2) is 0 Å². The molecule has 1 amide bonds. The maximum Gasteiger partial charge on any atom is 0.284 e. The van der Waals surface area contributed by atoms with Crippen LogP contribution in [0.1, 0.15) is 73.9 Å². The first-order chi connectivity index (χ1) is 19.3. The zero-order valence-corrected chi connectivity index (χ0v) is 25.6. The van der Waals surface area contributed by atoms with E-state index in [2.05, 4.69) is 35.2 Å². The Morgan fingerprint density at radius 2 is 1.90 bits per heavy atom. The first-order valence-electron chi connectivity index (χ1n) is 14.8. The normalized spacial score (nSPS) is 30.4. The molecule has 0 aromatic heterocycles. The summed E-state index contributed by atoms with van der Waals surface area (Å²) >= 11 is 6.42. The van der Waals surface area contributed by atoms with Gasteiger partial charge in [-0.15, -0.1) is 0 Å². The molecule has 2 unspecified atom stereocenters. The van der Waals surface area contributed by atoms with Crippen molar-refractivity contribution in [2.75, 3.05) is 30.9 Å². The molecule has 0 N–H and O–H groups in total. The first kappa shape index (κ1) is 29.4. The van der Waals surface area contributed by atoms with Crippen molar-refractivity contribution in [3.05, 3.63) is 58.1 Å². The van der Waals surface area contributed by atoms with Crippen molar-refractivity contribution < 1.29 is 18.5 Å². The van der Waals surface area contributed by atoms with Gasteiger partial charge in [-0.05, 0) is 110 Å². The standard InChI is InChI=1S/C32H43ClN2O4S/c1-21-14-22(2)20-40(37)34-32(36)24-9-12-30-29(17-24)35(19-26-8-11-28(26)31(15-21)38-3)18-25-7-10-27(33)16-23(25)6-4-5-13-39-30/h7,9-10,12,16-17,21-22,26,28,31,40H,4-6,8,11,13-15,18-20H2,1-3H3/t21?,22-,26-,28+,31-/m0/s1. The molecule has 2 bridgehead atoms. The Labute approximate surface area is 246 Å². The van der Waals surface area contributed by atoms with E-state index in [0.29, 0.717) is 42.2 Å². The molecule has 5 rings (SSSR count). The number of ether oxygens (including phenoxy) is 2. The Hall–Kier alpha value is -2.09. The zero-order valence-electron chi connectivity index (χ0n) is 24.0. The predicted octanol–water partition coefficient (Wildman–Crippen LogP) is 6.97. The molecule has 6 nitrogen and oxygen atoms in total. The van der Waals surface area contributed by atoms with E-state index < -0.39 is 16.5 Å². The van der Waals surface area contributed by atoms with E-state index in [1.54, 1.807) is 6.07 Å². The second kappa shape index (κ2) is 13.3. The highest BCUT2D eigenvalue weighted by Gasteiger charge is 2.39. The number of carbonyl (C=O) groups excluding carboxylic acids is 1. The quantitative estimate of drug-likeness (QED) is 0.365. The molecule has 2 aliphatic heterocycles. The molecule has 2 aromatic rings. The van der Waals surface area contributed by atoms with Gasteiger partial charge in [-0.2, -0.15) is 4.36 Å². The fourth-order valence-electron chi connectivity index (χ4n) is 6.81. The molecular weight excluding hydrogens is 544 g/mol. The van der Waals surface area contributed by atoms with Gasteiger partial charge in [0.15, 0.2) is 0 Å². The van der Waals surface area contributed by atoms with E-state index in [4.69, 9.17) is 21.1 Å². The second-order valence-electron chi connectivity index (χ2n) is 12.2. The fraction of sp³-hybridized carbons (Fsp3) is 0.594. The summed E-state index contributed by atoms with van der Waals surface area (Å²) in [5.74, 6) is 2.42. The predicted molar refractivity (Wildman–Crippen MR) is 163 cm³/mol. The number of benzene rings is 2. The lowest BCUT2D eigenvalue weighted by Crippen LogP contribution is -2.44. The number of thiol groups is 1. The van der Waals surface area contributed by atoms with Crippen molar-refractivity contribution in [1.29, 1.82) is 0 Å². The number of rotatable bonds is 1. The molecule has 6 atom stereocenters. The van der Waals surface area contributed by atoms with Gasteiger partial charge in [0.1, 0.15) is 5.75 Å². The Kier molecular flexibility index (Phi) is 9.75. The summed E-state index contributed by atoms with van der Waals surface area (Å²) in [5, 5.41) is 0.757. The molecular formula is C32H43ClN2O4S. The van der Waals surface area contributed by atoms with Crippen LogP contribution in [0.15, 0.2) is 40.8 Å². The fourth-order valence-corrected chi connectivity index (χ4v) is 8.09. The number of nitrogens with zero attached hydrogens (tertiary/aromatic N) is 2. The number of hydrogen-bond acceptors (Lipinski definition) is 5. The van der Waals surface area contributed by atoms with Crippen LogP contribution in [0.2, 0.25) is 5.02 Å². The van der Waals surface area contributed by atoms with Crippen LogP contribution in [0.4, 0.5) is 5.69 Å². The van der Waals surface area contributed by atoms with Gasteiger partial charge in [0.2, 0.25) is 0 Å². The van der Waals surface area contributed by atoms with Gasteiger partial charge in [-0.1, -0.05) is 31.5 Å². The third-order valence-electron chi connectivity index (χ3n) is 9.00. The molecule has 1 aliphatic carbocycles. The average molecular weight is 587 g/mol. The van der Waals surface area contributed by atoms with Crippen molar-refractivity contribution in [3.8, 4) is 5.75 Å². The van der Waals surface area contributed by atoms with E-state index in [-0.39, 0.29) is 12.0 Å². The molecule has 0 saturated heterocycles. The number of carbonyl (C=O) groups is 1. The summed E-state index contributed by atoms with van der Waals surface area (Å²) < 4.78 is 29.5. The Bertz CT molecular complexity index is 1290. The zero-order chi connectivity index (χ0) is 28.2. The number of aryl methyl sites for hydroxylation is 1. The van der Waals surface area contributed by atoms with Gasteiger partial charge >= 0.3 is 0 Å². The van der Waals surface area contributed by atoms with Gasteiger partial charge in [0, 0.05) is 47.1 Å². The largest absolute Gasteiger partial charge is 0.491 e. The number of methoxy groups -OCH3 is 1. The number of anilines is 1. The third-order valence-corrected chi connectivity index (χ3v) is 10.6. The lowest BCUT2D eigenvalue weighted by molar-refractivity contribution is -0.0294. The second-order valence-corrected chi connectivity index (χ2v) is 13.9. The number of fused-ring (bicyclic) bond motifs is 3. The molecule has 3 aliphatic rings. The van der Waals surface area contributed by atoms with Crippen LogP contribution in [0.5, 0.6) is 5.75 Å². The molecule has 2 heterocycles. The van der Waals surface area contributed by atoms with Gasteiger partial charge < -0.3 is 14.4 Å². The summed E-state index contributed by atoms with van der Waals surface area (Å²) in [4.78, 5) is 15.6. The van der Waals surface area contributed by atoms with Crippen LogP contribution >= 0.6 is 11.6 Å². The van der Waals surface area contributed by atoms with Gasteiger partial charge in [0.25, 0.3) is 5.91 Å². The van der Waals surface area contributed by atoms with E-state index in [0.717, 1.165) is 68.0 Å². The molecule has 0 radical (unpaired) electrons. The highest BCUT2D eigenvalue weighted by Crippen LogP contribution is 2.43. The van der Waals surface area contributed by atoms with Crippen LogP contribution in [-0.4, -0.2) is 42.2 Å². The summed E-state index contributed by atoms with van der Waals surface area (Å²) in [7, 11) is -0.130. The van der Waals surface area contributed by atoms with Gasteiger partial charge in [-0.3, -0.25) is 9.00 Å². The van der Waals surface area contributed by atoms with Crippen LogP contribution in [0.3, 0.4) is 0 Å². The summed E-state index contributed by atoms with van der Waals surface area (Å²) in [6.45, 7) is 6.52. The summed E-state index contributed by atoms with van der Waals surface area (Å²) in [5.41, 5.74) is 3.87. The maximum absolute atomic E-state index is 13.2. The van der Waals surface area contributed by atoms with Crippen LogP contribution in [-0.2, 0) is 28.3 Å². The van der Waals surface area contributed by atoms with Crippen molar-refractivity contribution in [1.82, 2.24) is 0 Å². The van der Waals surface area contributed by atoms with E-state index in [9.17, 15) is 9.00 Å². The minimum atomic E-state index is -1.98. The molecule has 1 saturated carbocycles. The van der Waals surface area contributed by atoms with E-state index >= 15 is 0 Å². The Morgan fingerprint density at radius 3 is 2.67 bits per heavy atom. The molecule has 0 spiro atoms. The number of amides is 1. The minimum absolute atomic E-state index is 0.200. The Balaban J connectivity index is 1.59. The smallest absolute Gasteiger partial charge is 0.284 e. The highest BCUT2D eigenvalue weighted by atomic mass is 35.5. The lowest BCUT2D eigenvalue weighted by Gasteiger charge is -2.45. The summed E-state index contributed by atoms with van der Waals surface area (Å²) in [6.07, 6.45) is 7.35. The lowest BCUT2D eigenvalue weighted by atomic mass is 9.68. The van der Waals surface area contributed by atoms with E-state index in [1.165, 1.54) is 11.1 Å². The minimum Gasteiger partial charge on any atom is -0.491 e. The van der Waals surface area contributed by atoms with E-state index in [1.807, 2.05) is 25.3 Å². The van der Waals surface area contributed by atoms with Crippen molar-refractivity contribution >= 4 is 33.8 Å². The van der Waals surface area contributed by atoms with Crippen LogP contribution < -0.4 is 9.64 Å². The first-order valence-corrected chi connectivity index (χ1v) is 16.6. The van der Waals surface area contributed by atoms with Crippen molar-refractivity contribution in [2.24, 2.45) is 28.0 Å².